The molecule has 0 atom stereocenters. The van der Waals surface area contributed by atoms with Gasteiger partial charge >= 0.3 is 0 Å². The average molecular weight is 280 g/mol. The molecule has 3 heteroatoms. The fourth-order valence-corrected chi connectivity index (χ4v) is 2.96. The second-order valence-corrected chi connectivity index (χ2v) is 7.10. The van der Waals surface area contributed by atoms with Gasteiger partial charge in [-0.2, -0.15) is 0 Å². The highest BCUT2D eigenvalue weighted by atomic mass is 32.2. The van der Waals surface area contributed by atoms with E-state index in [1.165, 1.54) is 22.6 Å². The number of thioether (sulfide) groups is 1. The number of rotatable bonds is 8. The second-order valence-electron chi connectivity index (χ2n) is 6.02. The highest BCUT2D eigenvalue weighted by Gasteiger charge is 2.04. The summed E-state index contributed by atoms with van der Waals surface area (Å²) in [7, 11) is 0. The number of nitrogens with one attached hydrogen (secondary N) is 1. The summed E-state index contributed by atoms with van der Waals surface area (Å²) in [6.07, 6.45) is 3.27. The molecule has 0 aromatic carbocycles. The molecule has 0 fully saturated rings. The molecular weight excluding hydrogens is 252 g/mol. The minimum atomic E-state index is 0.694. The highest BCUT2D eigenvalue weighted by Crippen LogP contribution is 2.22. The molecule has 2 nitrogen and oxygen atoms in total. The van der Waals surface area contributed by atoms with Crippen LogP contribution in [0.4, 0.5) is 0 Å². The van der Waals surface area contributed by atoms with Crippen LogP contribution in [0, 0.1) is 18.8 Å². The molecule has 1 aromatic heterocycles. The van der Waals surface area contributed by atoms with E-state index in [0.717, 1.165) is 24.8 Å². The fourth-order valence-electron chi connectivity index (χ4n) is 1.76. The smallest absolute Gasteiger partial charge is 0.0989 e. The summed E-state index contributed by atoms with van der Waals surface area (Å²) in [5, 5.41) is 4.65. The predicted octanol–water partition coefficient (Wildman–Crippen LogP) is 4.27. The molecule has 0 unspecified atom stereocenters. The molecule has 1 N–H and O–H groups in total. The maximum Gasteiger partial charge on any atom is 0.0989 e. The average Bonchev–Trinajstić information content (AvgIpc) is 2.31. The van der Waals surface area contributed by atoms with Crippen LogP contribution in [0.2, 0.25) is 0 Å². The van der Waals surface area contributed by atoms with Crippen LogP contribution in [0.25, 0.3) is 0 Å². The Morgan fingerprint density at radius 3 is 2.53 bits per heavy atom. The molecule has 0 saturated carbocycles. The van der Waals surface area contributed by atoms with Crippen molar-refractivity contribution in [3.8, 4) is 0 Å². The third-order valence-corrected chi connectivity index (χ3v) is 4.04. The monoisotopic (exact) mass is 280 g/mol. The Morgan fingerprint density at radius 2 is 1.95 bits per heavy atom. The second kappa shape index (κ2) is 8.60. The molecule has 0 spiro atoms. The summed E-state index contributed by atoms with van der Waals surface area (Å²) in [5.74, 6) is 2.63. The Hall–Kier alpha value is -0.540. The third-order valence-electron chi connectivity index (χ3n) is 2.90. The van der Waals surface area contributed by atoms with Crippen molar-refractivity contribution in [1.29, 1.82) is 0 Å². The lowest BCUT2D eigenvalue weighted by Gasteiger charge is -2.10. The van der Waals surface area contributed by atoms with Gasteiger partial charge in [-0.25, -0.2) is 4.98 Å². The summed E-state index contributed by atoms with van der Waals surface area (Å²) in [4.78, 5) is 4.60. The molecule has 1 heterocycles. The van der Waals surface area contributed by atoms with E-state index in [-0.39, 0.29) is 0 Å². The largest absolute Gasteiger partial charge is 0.312 e. The predicted molar refractivity (Wildman–Crippen MR) is 85.7 cm³/mol. The van der Waals surface area contributed by atoms with Crippen LogP contribution >= 0.6 is 11.8 Å². The van der Waals surface area contributed by atoms with Gasteiger partial charge in [0.1, 0.15) is 0 Å². The highest BCUT2D eigenvalue weighted by molar-refractivity contribution is 7.99. The Kier molecular flexibility index (Phi) is 7.47. The molecule has 0 aliphatic rings. The minimum absolute atomic E-state index is 0.694. The van der Waals surface area contributed by atoms with Crippen LogP contribution in [0.5, 0.6) is 0 Å². The number of aryl methyl sites for hydroxylation is 1. The van der Waals surface area contributed by atoms with E-state index in [9.17, 15) is 0 Å². The van der Waals surface area contributed by atoms with Crippen molar-refractivity contribution < 1.29 is 0 Å². The lowest BCUT2D eigenvalue weighted by Crippen LogP contribution is -2.19. The van der Waals surface area contributed by atoms with Gasteiger partial charge in [0, 0.05) is 12.7 Å². The van der Waals surface area contributed by atoms with Gasteiger partial charge in [0.15, 0.2) is 0 Å². The van der Waals surface area contributed by atoms with Crippen molar-refractivity contribution >= 4 is 11.8 Å². The molecule has 0 aliphatic heterocycles. The number of nitrogens with zero attached hydrogens (tertiary/aromatic N) is 1. The van der Waals surface area contributed by atoms with Gasteiger partial charge in [-0.05, 0) is 48.6 Å². The van der Waals surface area contributed by atoms with Crippen molar-refractivity contribution in [3.05, 3.63) is 23.4 Å². The first kappa shape index (κ1) is 16.5. The van der Waals surface area contributed by atoms with Crippen molar-refractivity contribution in [2.45, 2.75) is 52.6 Å². The minimum Gasteiger partial charge on any atom is -0.312 e. The first-order valence-corrected chi connectivity index (χ1v) is 8.26. The Morgan fingerprint density at radius 1 is 1.21 bits per heavy atom. The lowest BCUT2D eigenvalue weighted by molar-refractivity contribution is 0.551. The molecule has 19 heavy (non-hydrogen) atoms. The number of hydrogen-bond donors (Lipinski definition) is 1. The van der Waals surface area contributed by atoms with Gasteiger partial charge in [0.25, 0.3) is 0 Å². The van der Waals surface area contributed by atoms with Crippen molar-refractivity contribution in [1.82, 2.24) is 10.3 Å². The van der Waals surface area contributed by atoms with Gasteiger partial charge in [0.05, 0.1) is 5.03 Å². The van der Waals surface area contributed by atoms with Crippen molar-refractivity contribution in [2.24, 2.45) is 11.8 Å². The standard InChI is InChI=1S/C16H28N2S/c1-12(2)6-7-19-16-14(5)8-15(11-18-16)10-17-9-13(3)4/h8,11-13,17H,6-7,9-10H2,1-5H3. The number of hydrogen-bond acceptors (Lipinski definition) is 3. The van der Waals surface area contributed by atoms with Gasteiger partial charge < -0.3 is 5.32 Å². The van der Waals surface area contributed by atoms with E-state index < -0.39 is 0 Å². The molecule has 0 amide bonds. The van der Waals surface area contributed by atoms with E-state index in [1.54, 1.807) is 0 Å². The van der Waals surface area contributed by atoms with E-state index >= 15 is 0 Å². The zero-order valence-electron chi connectivity index (χ0n) is 13.0. The first-order valence-electron chi connectivity index (χ1n) is 7.28. The van der Waals surface area contributed by atoms with Gasteiger partial charge in [-0.1, -0.05) is 33.8 Å². The maximum absolute atomic E-state index is 4.60. The molecule has 1 rings (SSSR count). The van der Waals surface area contributed by atoms with Crippen LogP contribution in [-0.2, 0) is 6.54 Å². The normalized spacial score (nSPS) is 11.5. The molecule has 0 aliphatic carbocycles. The van der Waals surface area contributed by atoms with Crippen LogP contribution < -0.4 is 5.32 Å². The fraction of sp³-hybridized carbons (Fsp3) is 0.688. The van der Waals surface area contributed by atoms with E-state index in [0.29, 0.717) is 5.92 Å². The summed E-state index contributed by atoms with van der Waals surface area (Å²) in [6.45, 7) is 13.1. The summed E-state index contributed by atoms with van der Waals surface area (Å²) < 4.78 is 0. The Labute approximate surface area is 122 Å². The number of aromatic nitrogens is 1. The zero-order chi connectivity index (χ0) is 14.3. The van der Waals surface area contributed by atoms with E-state index in [4.69, 9.17) is 0 Å². The van der Waals surface area contributed by atoms with Crippen molar-refractivity contribution in [2.75, 3.05) is 12.3 Å². The van der Waals surface area contributed by atoms with Crippen molar-refractivity contribution in [3.63, 3.8) is 0 Å². The topological polar surface area (TPSA) is 24.9 Å². The van der Waals surface area contributed by atoms with E-state index in [1.807, 2.05) is 18.0 Å². The van der Waals surface area contributed by atoms with Gasteiger partial charge in [0.2, 0.25) is 0 Å². The van der Waals surface area contributed by atoms with Crippen LogP contribution in [0.1, 0.15) is 45.2 Å². The van der Waals surface area contributed by atoms with E-state index in [2.05, 4.69) is 51.0 Å². The van der Waals surface area contributed by atoms with Gasteiger partial charge in [-0.3, -0.25) is 0 Å². The summed E-state index contributed by atoms with van der Waals surface area (Å²) >= 11 is 1.88. The maximum atomic E-state index is 4.60. The summed E-state index contributed by atoms with van der Waals surface area (Å²) in [5.41, 5.74) is 2.59. The molecule has 108 valence electrons. The summed E-state index contributed by atoms with van der Waals surface area (Å²) in [6, 6.07) is 2.26. The van der Waals surface area contributed by atoms with Crippen LogP contribution in [0.3, 0.4) is 0 Å². The molecule has 0 radical (unpaired) electrons. The first-order chi connectivity index (χ1) is 8.99. The SMILES string of the molecule is Cc1cc(CNCC(C)C)cnc1SCCC(C)C. The zero-order valence-corrected chi connectivity index (χ0v) is 13.8. The van der Waals surface area contributed by atoms with Gasteiger partial charge in [-0.15, -0.1) is 11.8 Å². The quantitative estimate of drug-likeness (QED) is 0.720. The number of pyridine rings is 1. The Balaban J connectivity index is 2.45. The molecule has 0 saturated heterocycles. The third kappa shape index (κ3) is 6.98. The van der Waals surface area contributed by atoms with Crippen LogP contribution in [-0.4, -0.2) is 17.3 Å². The molecule has 0 bridgehead atoms. The lowest BCUT2D eigenvalue weighted by atomic mass is 10.2. The van der Waals surface area contributed by atoms with Crippen LogP contribution in [0.15, 0.2) is 17.3 Å². The Bertz CT molecular complexity index is 375. The molecule has 1 aromatic rings. The molecular formula is C16H28N2S.